The molecule has 0 saturated carbocycles. The molecule has 0 radical (unpaired) electrons. The number of amides is 1. The molecule has 3 heteroatoms. The Labute approximate surface area is 186 Å². The number of carbonyl (C=O) groups excluding carboxylic acids is 1. The van der Waals surface area contributed by atoms with E-state index in [2.05, 4.69) is 91.0 Å². The van der Waals surface area contributed by atoms with Gasteiger partial charge in [-0.2, -0.15) is 5.10 Å². The van der Waals surface area contributed by atoms with E-state index in [4.69, 9.17) is 5.10 Å². The molecule has 1 aliphatic rings. The Balaban J connectivity index is 1.53. The fourth-order valence-corrected chi connectivity index (χ4v) is 4.98. The number of hydrogen-bond donors (Lipinski definition) is 0. The number of benzene rings is 5. The van der Waals surface area contributed by atoms with Crippen LogP contribution >= 0.6 is 0 Å². The van der Waals surface area contributed by atoms with Gasteiger partial charge >= 0.3 is 0 Å². The lowest BCUT2D eigenvalue weighted by molar-refractivity contribution is -0.130. The number of hydrazone groups is 1. The second kappa shape index (κ2) is 7.31. The minimum Gasteiger partial charge on any atom is -0.273 e. The lowest BCUT2D eigenvalue weighted by atomic mass is 9.89. The van der Waals surface area contributed by atoms with Gasteiger partial charge in [0.25, 0.3) is 0 Å². The molecular formula is C29H22N2O. The largest absolute Gasteiger partial charge is 0.273 e. The monoisotopic (exact) mass is 414 g/mol. The first-order chi connectivity index (χ1) is 15.7. The van der Waals surface area contributed by atoms with E-state index in [9.17, 15) is 4.79 Å². The van der Waals surface area contributed by atoms with Crippen LogP contribution in [0.2, 0.25) is 0 Å². The molecule has 1 atom stereocenters. The molecule has 0 N–H and O–H groups in total. The van der Waals surface area contributed by atoms with Crippen molar-refractivity contribution in [2.45, 2.75) is 19.4 Å². The zero-order valence-corrected chi connectivity index (χ0v) is 17.8. The highest BCUT2D eigenvalue weighted by Crippen LogP contribution is 2.41. The second-order valence-electron chi connectivity index (χ2n) is 8.42. The normalized spacial score (nSPS) is 16.1. The maximum absolute atomic E-state index is 12.7. The van der Waals surface area contributed by atoms with Crippen molar-refractivity contribution in [1.82, 2.24) is 5.01 Å². The van der Waals surface area contributed by atoms with Crippen LogP contribution in [0.5, 0.6) is 0 Å². The lowest BCUT2D eigenvalue weighted by Gasteiger charge is -2.24. The van der Waals surface area contributed by atoms with Gasteiger partial charge in [-0.05, 0) is 55.6 Å². The SMILES string of the molecule is CC(=O)N1N=C(c2ccc3ccccc3c2)C[C@H]1c1c2ccccc2cc2ccccc12. The van der Waals surface area contributed by atoms with E-state index in [0.717, 1.165) is 11.3 Å². The third-order valence-electron chi connectivity index (χ3n) is 6.46. The molecule has 3 nitrogen and oxygen atoms in total. The molecule has 0 aromatic heterocycles. The summed E-state index contributed by atoms with van der Waals surface area (Å²) in [4.78, 5) is 12.7. The van der Waals surface area contributed by atoms with Crippen LogP contribution in [0.25, 0.3) is 32.3 Å². The van der Waals surface area contributed by atoms with Crippen molar-refractivity contribution in [3.05, 3.63) is 108 Å². The standard InChI is InChI=1S/C29H22N2O/c1-19(32)31-28(18-27(30-31)24-15-14-20-8-2-3-9-21(20)16-24)29-25-12-6-4-10-22(25)17-23-11-5-7-13-26(23)29/h2-17,28H,18H2,1H3/t28-/m0/s1. The van der Waals surface area contributed by atoms with E-state index in [1.54, 1.807) is 11.9 Å². The number of rotatable bonds is 2. The van der Waals surface area contributed by atoms with Gasteiger partial charge in [0.1, 0.15) is 0 Å². The van der Waals surface area contributed by atoms with Gasteiger partial charge in [-0.1, -0.05) is 84.9 Å². The molecule has 6 rings (SSSR count). The Kier molecular flexibility index (Phi) is 4.29. The summed E-state index contributed by atoms with van der Waals surface area (Å²) >= 11 is 0. The zero-order chi connectivity index (χ0) is 21.7. The Bertz CT molecular complexity index is 1500. The van der Waals surface area contributed by atoms with Crippen LogP contribution < -0.4 is 0 Å². The summed E-state index contributed by atoms with van der Waals surface area (Å²) in [7, 11) is 0. The Morgan fingerprint density at radius 1 is 0.750 bits per heavy atom. The minimum absolute atomic E-state index is 0.0391. The van der Waals surface area contributed by atoms with Gasteiger partial charge in [0, 0.05) is 13.3 Å². The summed E-state index contributed by atoms with van der Waals surface area (Å²) in [5.74, 6) is -0.0391. The van der Waals surface area contributed by atoms with E-state index in [1.807, 2.05) is 6.07 Å². The van der Waals surface area contributed by atoms with Crippen LogP contribution in [-0.4, -0.2) is 16.6 Å². The van der Waals surface area contributed by atoms with Crippen molar-refractivity contribution in [1.29, 1.82) is 0 Å². The molecule has 154 valence electrons. The summed E-state index contributed by atoms with van der Waals surface area (Å²) in [6.45, 7) is 1.60. The summed E-state index contributed by atoms with van der Waals surface area (Å²) in [5, 5.41) is 13.6. The molecule has 0 aliphatic carbocycles. The number of fused-ring (bicyclic) bond motifs is 3. The maximum atomic E-state index is 12.7. The molecular weight excluding hydrogens is 392 g/mol. The van der Waals surface area contributed by atoms with Gasteiger partial charge in [0.15, 0.2) is 0 Å². The van der Waals surface area contributed by atoms with Crippen molar-refractivity contribution < 1.29 is 4.79 Å². The molecule has 32 heavy (non-hydrogen) atoms. The molecule has 0 saturated heterocycles. The lowest BCUT2D eigenvalue weighted by Crippen LogP contribution is -2.24. The third kappa shape index (κ3) is 2.97. The molecule has 5 aromatic rings. The Morgan fingerprint density at radius 2 is 1.34 bits per heavy atom. The van der Waals surface area contributed by atoms with Crippen molar-refractivity contribution >= 4 is 43.9 Å². The fraction of sp³-hybridized carbons (Fsp3) is 0.103. The predicted molar refractivity (Wildman–Crippen MR) is 132 cm³/mol. The quantitative estimate of drug-likeness (QED) is 0.291. The van der Waals surface area contributed by atoms with Gasteiger partial charge in [0.2, 0.25) is 5.91 Å². The van der Waals surface area contributed by atoms with Crippen LogP contribution in [0, 0.1) is 0 Å². The molecule has 0 unspecified atom stereocenters. The van der Waals surface area contributed by atoms with Crippen molar-refractivity contribution in [3.8, 4) is 0 Å². The average Bonchev–Trinajstić information content (AvgIpc) is 3.27. The van der Waals surface area contributed by atoms with Gasteiger partial charge in [-0.25, -0.2) is 5.01 Å². The number of carbonyl (C=O) groups is 1. The number of hydrogen-bond acceptors (Lipinski definition) is 2. The van der Waals surface area contributed by atoms with Crippen molar-refractivity contribution in [2.75, 3.05) is 0 Å². The summed E-state index contributed by atoms with van der Waals surface area (Å²) < 4.78 is 0. The van der Waals surface area contributed by atoms with Crippen LogP contribution in [-0.2, 0) is 4.79 Å². The van der Waals surface area contributed by atoms with Crippen LogP contribution in [0.4, 0.5) is 0 Å². The summed E-state index contributed by atoms with van der Waals surface area (Å²) in [5.41, 5.74) is 3.20. The van der Waals surface area contributed by atoms with Crippen molar-refractivity contribution in [3.63, 3.8) is 0 Å². The first kappa shape index (κ1) is 18.8. The van der Waals surface area contributed by atoms with E-state index in [1.165, 1.54) is 37.9 Å². The van der Waals surface area contributed by atoms with Gasteiger partial charge in [-0.15, -0.1) is 0 Å². The summed E-state index contributed by atoms with van der Waals surface area (Å²) in [6, 6.07) is 33.7. The Morgan fingerprint density at radius 3 is 2.00 bits per heavy atom. The van der Waals surface area contributed by atoms with Crippen LogP contribution in [0.15, 0.2) is 102 Å². The second-order valence-corrected chi connectivity index (χ2v) is 8.42. The highest BCUT2D eigenvalue weighted by atomic mass is 16.2. The van der Waals surface area contributed by atoms with E-state index in [-0.39, 0.29) is 11.9 Å². The Hall–Kier alpha value is -3.98. The zero-order valence-electron chi connectivity index (χ0n) is 17.8. The first-order valence-corrected chi connectivity index (χ1v) is 11.0. The molecule has 1 amide bonds. The fourth-order valence-electron chi connectivity index (χ4n) is 4.98. The minimum atomic E-state index is -0.134. The van der Waals surface area contributed by atoms with E-state index < -0.39 is 0 Å². The van der Waals surface area contributed by atoms with Crippen molar-refractivity contribution in [2.24, 2.45) is 5.10 Å². The third-order valence-corrected chi connectivity index (χ3v) is 6.46. The molecule has 5 aromatic carbocycles. The van der Waals surface area contributed by atoms with Gasteiger partial charge < -0.3 is 0 Å². The molecule has 0 fully saturated rings. The molecule has 0 bridgehead atoms. The van der Waals surface area contributed by atoms with E-state index >= 15 is 0 Å². The first-order valence-electron chi connectivity index (χ1n) is 11.0. The average molecular weight is 415 g/mol. The van der Waals surface area contributed by atoms with Gasteiger partial charge in [0.05, 0.1) is 11.8 Å². The molecule has 1 aliphatic heterocycles. The smallest absolute Gasteiger partial charge is 0.240 e. The highest BCUT2D eigenvalue weighted by Gasteiger charge is 2.33. The number of nitrogens with zero attached hydrogens (tertiary/aromatic N) is 2. The predicted octanol–water partition coefficient (Wildman–Crippen LogP) is 6.84. The molecule has 0 spiro atoms. The van der Waals surface area contributed by atoms with E-state index in [0.29, 0.717) is 6.42 Å². The van der Waals surface area contributed by atoms with Crippen LogP contribution in [0.3, 0.4) is 0 Å². The van der Waals surface area contributed by atoms with Crippen LogP contribution in [0.1, 0.15) is 30.5 Å². The maximum Gasteiger partial charge on any atom is 0.240 e. The summed E-state index contributed by atoms with van der Waals surface area (Å²) in [6.07, 6.45) is 0.690. The topological polar surface area (TPSA) is 32.7 Å². The highest BCUT2D eigenvalue weighted by molar-refractivity contribution is 6.08. The van der Waals surface area contributed by atoms with Gasteiger partial charge in [-0.3, -0.25) is 4.79 Å². The molecule has 1 heterocycles.